The van der Waals surface area contributed by atoms with Gasteiger partial charge in [-0.1, -0.05) is 39.0 Å². The summed E-state index contributed by atoms with van der Waals surface area (Å²) in [6.07, 6.45) is 13.5. The maximum absolute atomic E-state index is 5.85. The van der Waals surface area contributed by atoms with Crippen LogP contribution in [0.3, 0.4) is 0 Å². The van der Waals surface area contributed by atoms with E-state index in [-0.39, 0.29) is 0 Å². The average Bonchev–Trinajstić information content (AvgIpc) is 2.52. The molecule has 0 radical (unpaired) electrons. The summed E-state index contributed by atoms with van der Waals surface area (Å²) in [4.78, 5) is 0. The van der Waals surface area contributed by atoms with Gasteiger partial charge in [-0.25, -0.2) is 0 Å². The molecular weight excluding hydrogens is 248 g/mol. The number of nitrogens with one attached hydrogen (secondary N) is 1. The van der Waals surface area contributed by atoms with Crippen molar-refractivity contribution >= 4 is 0 Å². The third-order valence-corrected chi connectivity index (χ3v) is 5.57. The quantitative estimate of drug-likeness (QED) is 0.554. The van der Waals surface area contributed by atoms with Crippen LogP contribution in [-0.2, 0) is 4.74 Å². The van der Waals surface area contributed by atoms with Gasteiger partial charge in [0, 0.05) is 19.3 Å². The summed E-state index contributed by atoms with van der Waals surface area (Å²) in [5.74, 6) is 8.48. The second-order valence-corrected chi connectivity index (χ2v) is 6.99. The summed E-state index contributed by atoms with van der Waals surface area (Å²) < 4.78 is 5.46. The van der Waals surface area contributed by atoms with Crippen LogP contribution < -0.4 is 11.3 Å². The zero-order chi connectivity index (χ0) is 14.2. The molecule has 1 atom stereocenters. The van der Waals surface area contributed by atoms with Crippen LogP contribution in [0.15, 0.2) is 0 Å². The predicted octanol–water partition coefficient (Wildman–Crippen LogP) is 3.63. The van der Waals surface area contributed by atoms with Crippen molar-refractivity contribution in [2.24, 2.45) is 23.6 Å². The smallest absolute Gasteiger partial charge is 0.0468 e. The molecule has 0 aromatic carbocycles. The van der Waals surface area contributed by atoms with Gasteiger partial charge < -0.3 is 4.74 Å². The maximum Gasteiger partial charge on any atom is 0.0468 e. The molecule has 2 aliphatic rings. The second-order valence-electron chi connectivity index (χ2n) is 6.99. The number of hydrazine groups is 1. The molecule has 1 unspecified atom stereocenters. The molecule has 0 aromatic heterocycles. The zero-order valence-corrected chi connectivity index (χ0v) is 13.3. The fraction of sp³-hybridized carbons (Fsp3) is 1.00. The molecule has 0 aromatic rings. The lowest BCUT2D eigenvalue weighted by Crippen LogP contribution is -2.44. The van der Waals surface area contributed by atoms with Gasteiger partial charge in [0.2, 0.25) is 0 Å². The topological polar surface area (TPSA) is 47.3 Å². The van der Waals surface area contributed by atoms with Crippen molar-refractivity contribution in [1.82, 2.24) is 5.43 Å². The number of nitrogens with two attached hydrogens (primary N) is 1. The van der Waals surface area contributed by atoms with E-state index in [9.17, 15) is 0 Å². The Hall–Kier alpha value is -0.120. The molecule has 2 fully saturated rings. The minimum Gasteiger partial charge on any atom is -0.381 e. The first-order chi connectivity index (χ1) is 9.83. The van der Waals surface area contributed by atoms with Crippen molar-refractivity contribution in [3.8, 4) is 0 Å². The molecule has 0 amide bonds. The highest BCUT2D eigenvalue weighted by Gasteiger charge is 2.29. The fourth-order valence-corrected chi connectivity index (χ4v) is 4.11. The molecule has 1 saturated carbocycles. The highest BCUT2D eigenvalue weighted by Crippen LogP contribution is 2.35. The standard InChI is InChI=1S/C17H34N2O/c1-2-3-4-14-5-7-16(8-6-14)17(19-18)13-15-9-11-20-12-10-15/h14-17,19H,2-13,18H2,1H3. The molecule has 20 heavy (non-hydrogen) atoms. The lowest BCUT2D eigenvalue weighted by molar-refractivity contribution is 0.0556. The van der Waals surface area contributed by atoms with Crippen molar-refractivity contribution in [3.63, 3.8) is 0 Å². The van der Waals surface area contributed by atoms with Crippen molar-refractivity contribution < 1.29 is 4.74 Å². The Balaban J connectivity index is 1.72. The molecule has 2 rings (SSSR count). The van der Waals surface area contributed by atoms with Crippen LogP contribution in [0.1, 0.15) is 71.1 Å². The summed E-state index contributed by atoms with van der Waals surface area (Å²) in [6.45, 7) is 4.20. The van der Waals surface area contributed by atoms with Gasteiger partial charge in [0.1, 0.15) is 0 Å². The number of ether oxygens (including phenoxy) is 1. The van der Waals surface area contributed by atoms with E-state index in [1.54, 1.807) is 0 Å². The zero-order valence-electron chi connectivity index (χ0n) is 13.3. The van der Waals surface area contributed by atoms with Crippen LogP contribution in [0, 0.1) is 17.8 Å². The summed E-state index contributed by atoms with van der Waals surface area (Å²) in [5.41, 5.74) is 3.14. The van der Waals surface area contributed by atoms with E-state index in [4.69, 9.17) is 10.6 Å². The first-order valence-corrected chi connectivity index (χ1v) is 8.87. The van der Waals surface area contributed by atoms with Gasteiger partial charge in [-0.2, -0.15) is 0 Å². The van der Waals surface area contributed by atoms with Crippen molar-refractivity contribution in [1.29, 1.82) is 0 Å². The molecule has 1 saturated heterocycles. The molecular formula is C17H34N2O. The number of hydrogen-bond donors (Lipinski definition) is 2. The van der Waals surface area contributed by atoms with E-state index in [1.807, 2.05) is 0 Å². The largest absolute Gasteiger partial charge is 0.381 e. The first-order valence-electron chi connectivity index (χ1n) is 8.87. The Labute approximate surface area is 125 Å². The van der Waals surface area contributed by atoms with Crippen LogP contribution in [0.2, 0.25) is 0 Å². The molecule has 3 N–H and O–H groups in total. The van der Waals surface area contributed by atoms with Gasteiger partial charge in [-0.05, 0) is 49.9 Å². The number of hydrogen-bond acceptors (Lipinski definition) is 3. The summed E-state index contributed by atoms with van der Waals surface area (Å²) in [7, 11) is 0. The summed E-state index contributed by atoms with van der Waals surface area (Å²) >= 11 is 0. The average molecular weight is 282 g/mol. The SMILES string of the molecule is CCCCC1CCC(C(CC2CCOCC2)NN)CC1. The van der Waals surface area contributed by atoms with Gasteiger partial charge in [-0.3, -0.25) is 11.3 Å². The Morgan fingerprint density at radius 1 is 1.05 bits per heavy atom. The molecule has 118 valence electrons. The molecule has 1 aliphatic carbocycles. The Bertz CT molecular complexity index is 245. The first kappa shape index (κ1) is 16.3. The number of unbranched alkanes of at least 4 members (excludes halogenated alkanes) is 1. The van der Waals surface area contributed by atoms with Crippen LogP contribution in [0.25, 0.3) is 0 Å². The molecule has 3 nitrogen and oxygen atoms in total. The van der Waals surface area contributed by atoms with Crippen molar-refractivity contribution in [3.05, 3.63) is 0 Å². The monoisotopic (exact) mass is 282 g/mol. The second kappa shape index (κ2) is 9.01. The van der Waals surface area contributed by atoms with Crippen LogP contribution in [0.5, 0.6) is 0 Å². The maximum atomic E-state index is 5.85. The molecule has 1 heterocycles. The van der Waals surface area contributed by atoms with E-state index in [1.165, 1.54) is 64.2 Å². The normalized spacial score (nSPS) is 30.3. The van der Waals surface area contributed by atoms with E-state index >= 15 is 0 Å². The van der Waals surface area contributed by atoms with Gasteiger partial charge in [0.05, 0.1) is 0 Å². The lowest BCUT2D eigenvalue weighted by Gasteiger charge is -2.36. The van der Waals surface area contributed by atoms with E-state index in [0.717, 1.165) is 31.0 Å². The molecule has 1 aliphatic heterocycles. The number of rotatable bonds is 7. The van der Waals surface area contributed by atoms with Gasteiger partial charge in [0.15, 0.2) is 0 Å². The highest BCUT2D eigenvalue weighted by atomic mass is 16.5. The van der Waals surface area contributed by atoms with Crippen LogP contribution in [0.4, 0.5) is 0 Å². The van der Waals surface area contributed by atoms with Gasteiger partial charge in [-0.15, -0.1) is 0 Å². The lowest BCUT2D eigenvalue weighted by atomic mass is 9.74. The minimum atomic E-state index is 0.533. The van der Waals surface area contributed by atoms with Crippen molar-refractivity contribution in [2.45, 2.75) is 77.2 Å². The van der Waals surface area contributed by atoms with E-state index < -0.39 is 0 Å². The Morgan fingerprint density at radius 2 is 1.75 bits per heavy atom. The highest BCUT2D eigenvalue weighted by molar-refractivity contribution is 4.83. The predicted molar refractivity (Wildman–Crippen MR) is 84.2 cm³/mol. The van der Waals surface area contributed by atoms with E-state index in [0.29, 0.717) is 6.04 Å². The molecule has 0 bridgehead atoms. The molecule has 0 spiro atoms. The van der Waals surface area contributed by atoms with Crippen molar-refractivity contribution in [2.75, 3.05) is 13.2 Å². The Kier molecular flexibility index (Phi) is 7.32. The molecule has 3 heteroatoms. The fourth-order valence-electron chi connectivity index (χ4n) is 4.11. The third kappa shape index (κ3) is 5.01. The summed E-state index contributed by atoms with van der Waals surface area (Å²) in [5, 5.41) is 0. The van der Waals surface area contributed by atoms with Gasteiger partial charge in [0.25, 0.3) is 0 Å². The Morgan fingerprint density at radius 3 is 2.35 bits per heavy atom. The van der Waals surface area contributed by atoms with E-state index in [2.05, 4.69) is 12.3 Å². The summed E-state index contributed by atoms with van der Waals surface area (Å²) in [6, 6.07) is 0.533. The minimum absolute atomic E-state index is 0.533. The van der Waals surface area contributed by atoms with Crippen LogP contribution >= 0.6 is 0 Å². The third-order valence-electron chi connectivity index (χ3n) is 5.57. The van der Waals surface area contributed by atoms with Crippen LogP contribution in [-0.4, -0.2) is 19.3 Å². The van der Waals surface area contributed by atoms with Gasteiger partial charge >= 0.3 is 0 Å².